The smallest absolute Gasteiger partial charge is 0.256 e. The molecule has 1 aromatic heterocycles. The number of nitrogens with zero attached hydrogens (tertiary/aromatic N) is 4. The van der Waals surface area contributed by atoms with Crippen LogP contribution in [0.3, 0.4) is 0 Å². The minimum atomic E-state index is 0.0130. The molecule has 2 N–H and O–H groups in total. The lowest BCUT2D eigenvalue weighted by atomic mass is 10.1. The van der Waals surface area contributed by atoms with Crippen molar-refractivity contribution < 1.29 is 4.79 Å². The Balaban J connectivity index is 2.25. The highest BCUT2D eigenvalue weighted by Crippen LogP contribution is 2.15. The van der Waals surface area contributed by atoms with Gasteiger partial charge in [-0.1, -0.05) is 0 Å². The average Bonchev–Trinajstić information content (AvgIpc) is 2.40. The molecule has 0 aromatic carbocycles. The maximum Gasteiger partial charge on any atom is 0.256 e. The lowest BCUT2D eigenvalue weighted by Crippen LogP contribution is -2.56. The van der Waals surface area contributed by atoms with Crippen molar-refractivity contribution >= 4 is 5.91 Å². The van der Waals surface area contributed by atoms with Gasteiger partial charge in [-0.25, -0.2) is 0 Å². The van der Waals surface area contributed by atoms with E-state index in [-0.39, 0.29) is 11.9 Å². The summed E-state index contributed by atoms with van der Waals surface area (Å²) in [6.07, 6.45) is 0. The van der Waals surface area contributed by atoms with Crippen LogP contribution in [0.4, 0.5) is 0 Å². The molecule has 1 atom stereocenters. The molecule has 19 heavy (non-hydrogen) atoms. The summed E-state index contributed by atoms with van der Waals surface area (Å²) in [5.74, 6) is 0.0130. The van der Waals surface area contributed by atoms with Crippen LogP contribution in [-0.2, 0) is 0 Å². The minimum absolute atomic E-state index is 0.0130. The Morgan fingerprint density at radius 1 is 1.42 bits per heavy atom. The van der Waals surface area contributed by atoms with Crippen molar-refractivity contribution in [2.24, 2.45) is 5.73 Å². The van der Waals surface area contributed by atoms with E-state index >= 15 is 0 Å². The zero-order valence-electron chi connectivity index (χ0n) is 11.8. The van der Waals surface area contributed by atoms with Crippen LogP contribution in [0.2, 0.25) is 0 Å². The first-order valence-corrected chi connectivity index (χ1v) is 6.53. The Hall–Kier alpha value is -1.53. The van der Waals surface area contributed by atoms with Crippen molar-refractivity contribution in [3.63, 3.8) is 0 Å². The Labute approximate surface area is 113 Å². The zero-order chi connectivity index (χ0) is 14.0. The third-order valence-electron chi connectivity index (χ3n) is 3.55. The van der Waals surface area contributed by atoms with E-state index in [1.165, 1.54) is 0 Å². The number of amides is 1. The summed E-state index contributed by atoms with van der Waals surface area (Å²) >= 11 is 0. The predicted molar refractivity (Wildman–Crippen MR) is 72.9 cm³/mol. The zero-order valence-corrected chi connectivity index (χ0v) is 11.8. The van der Waals surface area contributed by atoms with E-state index in [0.29, 0.717) is 24.3 Å². The number of piperazine rings is 1. The molecular formula is C13H21N5O. The fraction of sp³-hybridized carbons (Fsp3) is 0.615. The first-order valence-electron chi connectivity index (χ1n) is 6.53. The van der Waals surface area contributed by atoms with E-state index in [2.05, 4.69) is 15.1 Å². The van der Waals surface area contributed by atoms with Crippen LogP contribution in [-0.4, -0.2) is 65.2 Å². The normalized spacial score (nSPS) is 20.6. The second-order valence-electron chi connectivity index (χ2n) is 5.14. The standard InChI is InChI=1S/C13H21N5O/c1-9-6-12(10(2)16-15-9)13(19)18-5-4-17(3)8-11(18)7-14/h6,11H,4-5,7-8,14H2,1-3H3. The van der Waals surface area contributed by atoms with Crippen LogP contribution in [0.15, 0.2) is 6.07 Å². The van der Waals surface area contributed by atoms with E-state index in [0.717, 1.165) is 18.8 Å². The number of rotatable bonds is 2. The highest BCUT2D eigenvalue weighted by molar-refractivity contribution is 5.95. The molecule has 6 nitrogen and oxygen atoms in total. The van der Waals surface area contributed by atoms with Crippen LogP contribution in [0.25, 0.3) is 0 Å². The summed E-state index contributed by atoms with van der Waals surface area (Å²) in [6, 6.07) is 1.87. The summed E-state index contributed by atoms with van der Waals surface area (Å²) in [5, 5.41) is 7.99. The molecule has 2 heterocycles. The molecule has 2 rings (SSSR count). The van der Waals surface area contributed by atoms with Gasteiger partial charge in [0.2, 0.25) is 0 Å². The number of nitrogens with two attached hydrogens (primary N) is 1. The fourth-order valence-electron chi connectivity index (χ4n) is 2.40. The first-order chi connectivity index (χ1) is 9.02. The molecule has 0 bridgehead atoms. The van der Waals surface area contributed by atoms with E-state index in [4.69, 9.17) is 5.73 Å². The topological polar surface area (TPSA) is 75.4 Å². The fourth-order valence-corrected chi connectivity index (χ4v) is 2.40. The van der Waals surface area contributed by atoms with Gasteiger partial charge in [-0.3, -0.25) is 4.79 Å². The molecule has 1 fully saturated rings. The molecule has 6 heteroatoms. The van der Waals surface area contributed by atoms with Crippen molar-refractivity contribution in [2.45, 2.75) is 19.9 Å². The molecule has 0 aliphatic carbocycles. The van der Waals surface area contributed by atoms with Crippen LogP contribution in [0, 0.1) is 13.8 Å². The van der Waals surface area contributed by atoms with Gasteiger partial charge in [0.15, 0.2) is 0 Å². The molecule has 1 aliphatic heterocycles. The minimum Gasteiger partial charge on any atom is -0.332 e. The number of aryl methyl sites for hydroxylation is 2. The number of likely N-dealkylation sites (N-methyl/N-ethyl adjacent to an activating group) is 1. The number of aromatic nitrogens is 2. The number of carbonyl (C=O) groups excluding carboxylic acids is 1. The van der Waals surface area contributed by atoms with Crippen molar-refractivity contribution in [3.05, 3.63) is 23.0 Å². The Bertz CT molecular complexity index is 476. The third kappa shape index (κ3) is 2.90. The Kier molecular flexibility index (Phi) is 4.11. The lowest BCUT2D eigenvalue weighted by molar-refractivity contribution is 0.0514. The summed E-state index contributed by atoms with van der Waals surface area (Å²) < 4.78 is 0. The summed E-state index contributed by atoms with van der Waals surface area (Å²) in [6.45, 7) is 6.53. The second-order valence-corrected chi connectivity index (χ2v) is 5.14. The Morgan fingerprint density at radius 3 is 2.84 bits per heavy atom. The average molecular weight is 263 g/mol. The third-order valence-corrected chi connectivity index (χ3v) is 3.55. The van der Waals surface area contributed by atoms with Gasteiger partial charge in [0.1, 0.15) is 0 Å². The molecule has 104 valence electrons. The van der Waals surface area contributed by atoms with E-state index < -0.39 is 0 Å². The highest BCUT2D eigenvalue weighted by Gasteiger charge is 2.29. The summed E-state index contributed by atoms with van der Waals surface area (Å²) in [4.78, 5) is 16.7. The van der Waals surface area contributed by atoms with Crippen LogP contribution >= 0.6 is 0 Å². The first kappa shape index (κ1) is 13.9. The molecule has 1 amide bonds. The molecule has 1 aromatic rings. The molecule has 0 radical (unpaired) electrons. The summed E-state index contributed by atoms with van der Waals surface area (Å²) in [5.41, 5.74) is 7.85. The van der Waals surface area contributed by atoms with Gasteiger partial charge in [-0.05, 0) is 27.0 Å². The van der Waals surface area contributed by atoms with Gasteiger partial charge in [-0.2, -0.15) is 10.2 Å². The predicted octanol–water partition coefficient (Wildman–Crippen LogP) is -0.192. The van der Waals surface area contributed by atoms with E-state index in [1.54, 1.807) is 6.07 Å². The van der Waals surface area contributed by atoms with Gasteiger partial charge in [-0.15, -0.1) is 0 Å². The van der Waals surface area contributed by atoms with E-state index in [9.17, 15) is 4.79 Å². The maximum atomic E-state index is 12.6. The highest BCUT2D eigenvalue weighted by atomic mass is 16.2. The SMILES string of the molecule is Cc1cc(C(=O)N2CCN(C)CC2CN)c(C)nn1. The van der Waals surface area contributed by atoms with Crippen molar-refractivity contribution in [1.82, 2.24) is 20.0 Å². The molecule has 1 unspecified atom stereocenters. The lowest BCUT2D eigenvalue weighted by Gasteiger charge is -2.39. The van der Waals surface area contributed by atoms with Gasteiger partial charge in [0.05, 0.1) is 23.0 Å². The van der Waals surface area contributed by atoms with Crippen molar-refractivity contribution in [2.75, 3.05) is 33.2 Å². The van der Waals surface area contributed by atoms with Gasteiger partial charge < -0.3 is 15.5 Å². The van der Waals surface area contributed by atoms with Gasteiger partial charge in [0.25, 0.3) is 5.91 Å². The summed E-state index contributed by atoms with van der Waals surface area (Å²) in [7, 11) is 2.05. The van der Waals surface area contributed by atoms with Crippen LogP contribution < -0.4 is 5.73 Å². The molecule has 0 spiro atoms. The number of hydrogen-bond donors (Lipinski definition) is 1. The Morgan fingerprint density at radius 2 is 2.16 bits per heavy atom. The monoisotopic (exact) mass is 263 g/mol. The quantitative estimate of drug-likeness (QED) is 0.800. The van der Waals surface area contributed by atoms with Crippen molar-refractivity contribution in [1.29, 1.82) is 0 Å². The maximum absolute atomic E-state index is 12.6. The molecular weight excluding hydrogens is 242 g/mol. The van der Waals surface area contributed by atoms with Crippen molar-refractivity contribution in [3.8, 4) is 0 Å². The number of hydrogen-bond acceptors (Lipinski definition) is 5. The molecule has 1 aliphatic rings. The number of carbonyl (C=O) groups is 1. The second kappa shape index (κ2) is 5.63. The molecule has 1 saturated heterocycles. The molecule has 0 saturated carbocycles. The van der Waals surface area contributed by atoms with Crippen LogP contribution in [0.5, 0.6) is 0 Å². The van der Waals surface area contributed by atoms with Gasteiger partial charge in [0, 0.05) is 26.2 Å². The van der Waals surface area contributed by atoms with E-state index in [1.807, 2.05) is 25.8 Å². The van der Waals surface area contributed by atoms with Gasteiger partial charge >= 0.3 is 0 Å². The largest absolute Gasteiger partial charge is 0.332 e. The van der Waals surface area contributed by atoms with Crippen LogP contribution in [0.1, 0.15) is 21.7 Å².